The number of carbonyl (C=O) groups excluding carboxylic acids is 1. The highest BCUT2D eigenvalue weighted by Gasteiger charge is 2.27. The Bertz CT molecular complexity index is 754. The van der Waals surface area contributed by atoms with E-state index in [1.165, 1.54) is 0 Å². The molecule has 2 N–H and O–H groups in total. The van der Waals surface area contributed by atoms with E-state index in [4.69, 9.17) is 15.5 Å². The summed E-state index contributed by atoms with van der Waals surface area (Å²) in [6.07, 6.45) is 2.56. The van der Waals surface area contributed by atoms with Gasteiger partial charge in [-0.1, -0.05) is 6.92 Å². The summed E-state index contributed by atoms with van der Waals surface area (Å²) >= 11 is 0. The summed E-state index contributed by atoms with van der Waals surface area (Å²) < 4.78 is 7.70. The largest absolute Gasteiger partial charge is 0.380 e. The van der Waals surface area contributed by atoms with Crippen molar-refractivity contribution in [2.24, 2.45) is 5.73 Å². The Morgan fingerprint density at radius 1 is 1.30 bits per heavy atom. The first-order valence-corrected chi connectivity index (χ1v) is 9.77. The highest BCUT2D eigenvalue weighted by molar-refractivity contribution is 5.79. The molecule has 1 atom stereocenters. The smallest absolute Gasteiger partial charge is 0.234 e. The SMILES string of the molecule is CCOCCn1c(CN2CCN(C(CC)C(N)=O)CC2)nc2cccnc21. The van der Waals surface area contributed by atoms with Gasteiger partial charge in [0, 0.05) is 45.5 Å². The molecule has 2 aromatic heterocycles. The molecule has 0 radical (unpaired) electrons. The summed E-state index contributed by atoms with van der Waals surface area (Å²) in [5, 5.41) is 0. The summed E-state index contributed by atoms with van der Waals surface area (Å²) in [4.78, 5) is 25.5. The molecule has 0 aliphatic carbocycles. The molecule has 148 valence electrons. The minimum atomic E-state index is -0.227. The summed E-state index contributed by atoms with van der Waals surface area (Å²) in [7, 11) is 0. The third-order valence-electron chi connectivity index (χ3n) is 5.17. The number of aromatic nitrogens is 3. The third kappa shape index (κ3) is 4.63. The quantitative estimate of drug-likeness (QED) is 0.655. The first-order valence-electron chi connectivity index (χ1n) is 9.77. The maximum atomic E-state index is 11.6. The second-order valence-corrected chi connectivity index (χ2v) is 6.86. The lowest BCUT2D eigenvalue weighted by Crippen LogP contribution is -2.53. The zero-order valence-corrected chi connectivity index (χ0v) is 16.3. The number of imidazole rings is 1. The number of pyridine rings is 1. The van der Waals surface area contributed by atoms with Gasteiger partial charge in [-0.25, -0.2) is 9.97 Å². The molecule has 0 spiro atoms. The van der Waals surface area contributed by atoms with Crippen molar-refractivity contribution in [3.8, 4) is 0 Å². The van der Waals surface area contributed by atoms with E-state index in [1.54, 1.807) is 6.20 Å². The Hall–Kier alpha value is -2.03. The predicted molar refractivity (Wildman–Crippen MR) is 104 cm³/mol. The van der Waals surface area contributed by atoms with E-state index < -0.39 is 0 Å². The molecule has 1 saturated heterocycles. The van der Waals surface area contributed by atoms with Gasteiger partial charge in [0.05, 0.1) is 19.2 Å². The maximum absolute atomic E-state index is 11.6. The molecule has 2 aromatic rings. The van der Waals surface area contributed by atoms with E-state index in [-0.39, 0.29) is 11.9 Å². The summed E-state index contributed by atoms with van der Waals surface area (Å²) in [5.41, 5.74) is 7.36. The van der Waals surface area contributed by atoms with Crippen LogP contribution in [0.25, 0.3) is 11.2 Å². The van der Waals surface area contributed by atoms with E-state index in [0.717, 1.165) is 62.7 Å². The number of carbonyl (C=O) groups is 1. The lowest BCUT2D eigenvalue weighted by Gasteiger charge is -2.37. The molecule has 0 aromatic carbocycles. The van der Waals surface area contributed by atoms with E-state index in [1.807, 2.05) is 26.0 Å². The number of hydrogen-bond acceptors (Lipinski definition) is 6. The molecule has 8 heteroatoms. The molecule has 0 bridgehead atoms. The van der Waals surface area contributed by atoms with Crippen LogP contribution in [-0.2, 0) is 22.6 Å². The van der Waals surface area contributed by atoms with Crippen LogP contribution in [0.15, 0.2) is 18.3 Å². The summed E-state index contributed by atoms with van der Waals surface area (Å²) in [6.45, 7) is 10.4. The zero-order valence-electron chi connectivity index (χ0n) is 16.3. The number of amides is 1. The number of rotatable bonds is 9. The van der Waals surface area contributed by atoms with E-state index in [2.05, 4.69) is 19.4 Å². The van der Waals surface area contributed by atoms with Crippen LogP contribution in [0.4, 0.5) is 0 Å². The first kappa shape index (κ1) is 19.7. The molecule has 1 unspecified atom stereocenters. The molecule has 1 fully saturated rings. The number of primary amides is 1. The Balaban J connectivity index is 1.68. The fourth-order valence-electron chi connectivity index (χ4n) is 3.73. The lowest BCUT2D eigenvalue weighted by molar-refractivity contribution is -0.124. The molecule has 0 saturated carbocycles. The number of nitrogens with zero attached hydrogens (tertiary/aromatic N) is 5. The molecule has 8 nitrogen and oxygen atoms in total. The van der Waals surface area contributed by atoms with E-state index >= 15 is 0 Å². The van der Waals surface area contributed by atoms with Crippen molar-refractivity contribution >= 4 is 17.1 Å². The van der Waals surface area contributed by atoms with Crippen molar-refractivity contribution in [1.82, 2.24) is 24.3 Å². The van der Waals surface area contributed by atoms with Crippen molar-refractivity contribution in [3.63, 3.8) is 0 Å². The van der Waals surface area contributed by atoms with Gasteiger partial charge in [0.1, 0.15) is 11.3 Å². The molecule has 3 heterocycles. The van der Waals surface area contributed by atoms with Gasteiger partial charge in [0.15, 0.2) is 5.65 Å². The Morgan fingerprint density at radius 2 is 2.07 bits per heavy atom. The molecule has 1 aliphatic rings. The zero-order chi connectivity index (χ0) is 19.2. The average Bonchev–Trinajstić information content (AvgIpc) is 3.01. The van der Waals surface area contributed by atoms with Crippen LogP contribution in [0.2, 0.25) is 0 Å². The van der Waals surface area contributed by atoms with Gasteiger partial charge in [-0.05, 0) is 25.5 Å². The first-order chi connectivity index (χ1) is 13.1. The highest BCUT2D eigenvalue weighted by Crippen LogP contribution is 2.17. The number of ether oxygens (including phenoxy) is 1. The molecule has 3 rings (SSSR count). The summed E-state index contributed by atoms with van der Waals surface area (Å²) in [5.74, 6) is 0.786. The van der Waals surface area contributed by atoms with E-state index in [0.29, 0.717) is 13.2 Å². The van der Waals surface area contributed by atoms with Crippen molar-refractivity contribution in [3.05, 3.63) is 24.2 Å². The molecule has 1 aliphatic heterocycles. The number of piperazine rings is 1. The second-order valence-electron chi connectivity index (χ2n) is 6.86. The lowest BCUT2D eigenvalue weighted by atomic mass is 10.1. The Morgan fingerprint density at radius 3 is 2.74 bits per heavy atom. The third-order valence-corrected chi connectivity index (χ3v) is 5.17. The number of fused-ring (bicyclic) bond motifs is 1. The van der Waals surface area contributed by atoms with Gasteiger partial charge in [-0.3, -0.25) is 14.6 Å². The Kier molecular flexibility index (Phi) is 6.76. The number of nitrogens with two attached hydrogens (primary N) is 1. The normalized spacial score (nSPS) is 17.4. The number of hydrogen-bond donors (Lipinski definition) is 1. The van der Waals surface area contributed by atoms with Crippen molar-refractivity contribution in [1.29, 1.82) is 0 Å². The topological polar surface area (TPSA) is 89.5 Å². The van der Waals surface area contributed by atoms with Gasteiger partial charge in [-0.2, -0.15) is 0 Å². The molecular formula is C19H30N6O2. The van der Waals surface area contributed by atoms with Crippen LogP contribution in [0.1, 0.15) is 26.1 Å². The van der Waals surface area contributed by atoms with Crippen LogP contribution in [0, 0.1) is 0 Å². The second kappa shape index (κ2) is 9.25. The van der Waals surface area contributed by atoms with Crippen molar-refractivity contribution < 1.29 is 9.53 Å². The highest BCUT2D eigenvalue weighted by atomic mass is 16.5. The van der Waals surface area contributed by atoms with Crippen LogP contribution in [0.3, 0.4) is 0 Å². The molecule has 27 heavy (non-hydrogen) atoms. The van der Waals surface area contributed by atoms with Crippen LogP contribution in [0.5, 0.6) is 0 Å². The molecular weight excluding hydrogens is 344 g/mol. The van der Waals surface area contributed by atoms with Crippen LogP contribution < -0.4 is 5.73 Å². The minimum absolute atomic E-state index is 0.160. The van der Waals surface area contributed by atoms with Crippen molar-refractivity contribution in [2.45, 2.75) is 39.4 Å². The van der Waals surface area contributed by atoms with E-state index in [9.17, 15) is 4.79 Å². The van der Waals surface area contributed by atoms with Crippen LogP contribution >= 0.6 is 0 Å². The predicted octanol–water partition coefficient (Wildman–Crippen LogP) is 0.849. The standard InChI is InChI=1S/C19H30N6O2/c1-3-16(18(20)26)24-10-8-23(9-11-24)14-17-22-15-6-5-7-21-19(15)25(17)12-13-27-4-2/h5-7,16H,3-4,8-14H2,1-2H3,(H2,20,26). The fraction of sp³-hybridized carbons (Fsp3) is 0.632. The monoisotopic (exact) mass is 374 g/mol. The molecule has 1 amide bonds. The van der Waals surface area contributed by atoms with Gasteiger partial charge in [0.2, 0.25) is 5.91 Å². The van der Waals surface area contributed by atoms with Crippen LogP contribution in [-0.4, -0.2) is 75.7 Å². The summed E-state index contributed by atoms with van der Waals surface area (Å²) in [6, 6.07) is 3.76. The van der Waals surface area contributed by atoms with Gasteiger partial charge in [-0.15, -0.1) is 0 Å². The van der Waals surface area contributed by atoms with Gasteiger partial charge >= 0.3 is 0 Å². The maximum Gasteiger partial charge on any atom is 0.234 e. The van der Waals surface area contributed by atoms with Crippen molar-refractivity contribution in [2.75, 3.05) is 39.4 Å². The van der Waals surface area contributed by atoms with Gasteiger partial charge < -0.3 is 15.0 Å². The minimum Gasteiger partial charge on any atom is -0.380 e. The van der Waals surface area contributed by atoms with Gasteiger partial charge in [0.25, 0.3) is 0 Å². The average molecular weight is 374 g/mol. The Labute approximate surface area is 160 Å². The fourth-order valence-corrected chi connectivity index (χ4v) is 3.73.